The number of carbonyl (C=O) groups is 2. The maximum atomic E-state index is 12.5. The summed E-state index contributed by atoms with van der Waals surface area (Å²) in [7, 11) is 1.65. The molecule has 2 aromatic heterocycles. The molecule has 1 N–H and O–H groups in total. The van der Waals surface area contributed by atoms with E-state index in [0.29, 0.717) is 26.6 Å². The molecule has 2 heterocycles. The molecule has 1 aromatic carbocycles. The second kappa shape index (κ2) is 7.43. The number of thiophene rings is 1. The highest BCUT2D eigenvalue weighted by atomic mass is 32.2. The lowest BCUT2D eigenvalue weighted by atomic mass is 10.1. The van der Waals surface area contributed by atoms with Crippen molar-refractivity contribution < 1.29 is 9.59 Å². The number of amides is 1. The highest BCUT2D eigenvalue weighted by Gasteiger charge is 2.19. The van der Waals surface area contributed by atoms with Crippen LogP contribution >= 0.6 is 23.1 Å². The zero-order valence-corrected chi connectivity index (χ0v) is 16.1. The van der Waals surface area contributed by atoms with Crippen LogP contribution in [0.4, 0.5) is 5.69 Å². The van der Waals surface area contributed by atoms with Crippen LogP contribution in [0, 0.1) is 0 Å². The Bertz CT molecular complexity index is 1060. The molecule has 0 spiro atoms. The lowest BCUT2D eigenvalue weighted by Gasteiger charge is -2.14. The van der Waals surface area contributed by atoms with E-state index in [1.807, 2.05) is 5.38 Å². The second-order valence-electron chi connectivity index (χ2n) is 5.78. The minimum atomic E-state index is -0.467. The highest BCUT2D eigenvalue weighted by Crippen LogP contribution is 2.24. The van der Waals surface area contributed by atoms with Gasteiger partial charge in [-0.2, -0.15) is 0 Å². The third-order valence-corrected chi connectivity index (χ3v) is 5.87. The first-order valence-corrected chi connectivity index (χ1v) is 9.65. The van der Waals surface area contributed by atoms with Crippen LogP contribution < -0.4 is 10.9 Å². The number of anilines is 1. The Labute approximate surface area is 158 Å². The van der Waals surface area contributed by atoms with Crippen LogP contribution in [0.3, 0.4) is 0 Å². The topological polar surface area (TPSA) is 81.1 Å². The molecule has 0 fully saturated rings. The summed E-state index contributed by atoms with van der Waals surface area (Å²) in [5.74, 6) is -0.290. The van der Waals surface area contributed by atoms with Crippen molar-refractivity contribution in [1.82, 2.24) is 9.55 Å². The number of fused-ring (bicyclic) bond motifs is 1. The van der Waals surface area contributed by atoms with E-state index in [4.69, 9.17) is 0 Å². The first-order chi connectivity index (χ1) is 12.4. The summed E-state index contributed by atoms with van der Waals surface area (Å²) >= 11 is 2.57. The van der Waals surface area contributed by atoms with Crippen molar-refractivity contribution in [3.8, 4) is 0 Å². The van der Waals surface area contributed by atoms with E-state index in [1.54, 1.807) is 44.3 Å². The number of hydrogen-bond acceptors (Lipinski definition) is 6. The van der Waals surface area contributed by atoms with Crippen LogP contribution in [0.1, 0.15) is 24.2 Å². The molecule has 0 saturated carbocycles. The lowest BCUT2D eigenvalue weighted by molar-refractivity contribution is -0.115. The first-order valence-electron chi connectivity index (χ1n) is 7.89. The van der Waals surface area contributed by atoms with E-state index in [0.717, 1.165) is 0 Å². The average Bonchev–Trinajstić information content (AvgIpc) is 3.08. The molecule has 0 aliphatic heterocycles. The summed E-state index contributed by atoms with van der Waals surface area (Å²) < 4.78 is 2.07. The number of rotatable bonds is 5. The Hall–Kier alpha value is -2.45. The van der Waals surface area contributed by atoms with Gasteiger partial charge < -0.3 is 5.32 Å². The second-order valence-corrected chi connectivity index (χ2v) is 8.00. The molecule has 6 nitrogen and oxygen atoms in total. The maximum absolute atomic E-state index is 12.5. The number of aromatic nitrogens is 2. The molecule has 0 saturated heterocycles. The van der Waals surface area contributed by atoms with Crippen LogP contribution in [0.5, 0.6) is 0 Å². The minimum absolute atomic E-state index is 0.0632. The molecule has 8 heteroatoms. The minimum Gasteiger partial charge on any atom is -0.325 e. The third kappa shape index (κ3) is 3.71. The van der Waals surface area contributed by atoms with Crippen LogP contribution in [-0.4, -0.2) is 26.5 Å². The van der Waals surface area contributed by atoms with Gasteiger partial charge >= 0.3 is 0 Å². The molecular formula is C18H17N3O3S2. The van der Waals surface area contributed by atoms with E-state index >= 15 is 0 Å². The fourth-order valence-electron chi connectivity index (χ4n) is 2.34. The maximum Gasteiger partial charge on any atom is 0.271 e. The molecule has 1 amide bonds. The summed E-state index contributed by atoms with van der Waals surface area (Å²) in [6.07, 6.45) is 0. The van der Waals surface area contributed by atoms with Crippen molar-refractivity contribution in [2.75, 3.05) is 5.32 Å². The summed E-state index contributed by atoms with van der Waals surface area (Å²) in [6, 6.07) is 8.59. The van der Waals surface area contributed by atoms with Gasteiger partial charge in [0.15, 0.2) is 10.9 Å². The fraction of sp³-hybridized carbons (Fsp3) is 0.222. The number of hydrogen-bond donors (Lipinski definition) is 1. The number of carbonyl (C=O) groups excluding carboxylic acids is 2. The first kappa shape index (κ1) is 18.3. The Morgan fingerprint density at radius 1 is 1.31 bits per heavy atom. The molecule has 1 unspecified atom stereocenters. The predicted octanol–water partition coefficient (Wildman–Crippen LogP) is 3.32. The largest absolute Gasteiger partial charge is 0.325 e. The van der Waals surface area contributed by atoms with Crippen molar-refractivity contribution in [1.29, 1.82) is 0 Å². The number of ketones is 1. The molecule has 3 rings (SSSR count). The lowest BCUT2D eigenvalue weighted by Crippen LogP contribution is -2.25. The van der Waals surface area contributed by atoms with E-state index in [-0.39, 0.29) is 17.2 Å². The third-order valence-electron chi connectivity index (χ3n) is 3.83. The molecule has 26 heavy (non-hydrogen) atoms. The average molecular weight is 387 g/mol. The van der Waals surface area contributed by atoms with Gasteiger partial charge in [0.25, 0.3) is 5.56 Å². The number of thioether (sulfide) groups is 1. The standard InChI is InChI=1S/C18H17N3O3S2/c1-10(22)12-5-4-6-13(9-12)19-16(23)11(2)26-18-20-14-7-8-25-15(14)17(24)21(18)3/h4-9,11H,1-3H3,(H,19,23). The highest BCUT2D eigenvalue weighted by molar-refractivity contribution is 8.00. The van der Waals surface area contributed by atoms with Crippen molar-refractivity contribution in [3.63, 3.8) is 0 Å². The number of benzene rings is 1. The number of Topliss-reactive ketones (excluding diaryl/α,β-unsaturated/α-hetero) is 1. The zero-order valence-electron chi connectivity index (χ0n) is 14.5. The smallest absolute Gasteiger partial charge is 0.271 e. The summed E-state index contributed by atoms with van der Waals surface area (Å²) in [5, 5.41) is 4.64. The van der Waals surface area contributed by atoms with Crippen LogP contribution in [-0.2, 0) is 11.8 Å². The van der Waals surface area contributed by atoms with Crippen molar-refractivity contribution in [2.24, 2.45) is 7.05 Å². The zero-order chi connectivity index (χ0) is 18.8. The van der Waals surface area contributed by atoms with Gasteiger partial charge in [0.2, 0.25) is 5.91 Å². The van der Waals surface area contributed by atoms with Gasteiger partial charge in [-0.1, -0.05) is 23.9 Å². The van der Waals surface area contributed by atoms with Crippen LogP contribution in [0.25, 0.3) is 10.2 Å². The van der Waals surface area contributed by atoms with Gasteiger partial charge in [-0.3, -0.25) is 19.0 Å². The SMILES string of the molecule is CC(=O)c1cccc(NC(=O)C(C)Sc2nc3ccsc3c(=O)n2C)c1. The van der Waals surface area contributed by atoms with E-state index in [2.05, 4.69) is 10.3 Å². The Kier molecular flexibility index (Phi) is 5.24. The van der Waals surface area contributed by atoms with Crippen LogP contribution in [0.2, 0.25) is 0 Å². The van der Waals surface area contributed by atoms with Crippen molar-refractivity contribution in [3.05, 3.63) is 51.6 Å². The van der Waals surface area contributed by atoms with Crippen molar-refractivity contribution in [2.45, 2.75) is 24.3 Å². The van der Waals surface area contributed by atoms with Crippen molar-refractivity contribution >= 4 is 50.7 Å². The molecule has 134 valence electrons. The summed E-state index contributed by atoms with van der Waals surface area (Å²) in [6.45, 7) is 3.23. The summed E-state index contributed by atoms with van der Waals surface area (Å²) in [5.41, 5.74) is 1.62. The van der Waals surface area contributed by atoms with E-state index in [1.165, 1.54) is 34.6 Å². The molecule has 1 atom stereocenters. The molecule has 3 aromatic rings. The molecule has 0 aliphatic carbocycles. The quantitative estimate of drug-likeness (QED) is 0.413. The predicted molar refractivity (Wildman–Crippen MR) is 105 cm³/mol. The summed E-state index contributed by atoms with van der Waals surface area (Å²) in [4.78, 5) is 40.7. The monoisotopic (exact) mass is 387 g/mol. The Balaban J connectivity index is 1.77. The van der Waals surface area contributed by atoms with Gasteiger partial charge in [-0.25, -0.2) is 4.98 Å². The van der Waals surface area contributed by atoms with Gasteiger partial charge in [0, 0.05) is 18.3 Å². The van der Waals surface area contributed by atoms with Crippen LogP contribution in [0.15, 0.2) is 45.7 Å². The van der Waals surface area contributed by atoms with Gasteiger partial charge in [-0.15, -0.1) is 11.3 Å². The molecule has 0 aliphatic rings. The number of nitrogens with one attached hydrogen (secondary N) is 1. The van der Waals surface area contributed by atoms with E-state index in [9.17, 15) is 14.4 Å². The Morgan fingerprint density at radius 3 is 2.81 bits per heavy atom. The normalized spacial score (nSPS) is 12.1. The molecule has 0 bridgehead atoms. The molecule has 0 radical (unpaired) electrons. The van der Waals surface area contributed by atoms with E-state index < -0.39 is 5.25 Å². The van der Waals surface area contributed by atoms with Gasteiger partial charge in [0.05, 0.1) is 10.8 Å². The fourth-order valence-corrected chi connectivity index (χ4v) is 4.02. The Morgan fingerprint density at radius 2 is 2.08 bits per heavy atom. The molecular weight excluding hydrogens is 370 g/mol. The van der Waals surface area contributed by atoms with Gasteiger partial charge in [0.1, 0.15) is 4.70 Å². The number of nitrogens with zero attached hydrogens (tertiary/aromatic N) is 2. The van der Waals surface area contributed by atoms with Gasteiger partial charge in [-0.05, 0) is 37.4 Å².